The average Bonchev–Trinajstić information content (AvgIpc) is 3.12. The highest BCUT2D eigenvalue weighted by Crippen LogP contribution is 2.28. The number of para-hydroxylation sites is 1. The maximum Gasteiger partial charge on any atom is 0.321 e. The molecular formula is C14H15ClN4O. The van der Waals surface area contributed by atoms with E-state index in [1.807, 2.05) is 23.1 Å². The number of hydrogen-bond acceptors (Lipinski definition) is 2. The van der Waals surface area contributed by atoms with E-state index in [9.17, 15) is 4.79 Å². The van der Waals surface area contributed by atoms with Crippen molar-refractivity contribution in [2.45, 2.75) is 12.8 Å². The van der Waals surface area contributed by atoms with Crippen molar-refractivity contribution in [3.8, 4) is 5.69 Å². The zero-order valence-electron chi connectivity index (χ0n) is 10.9. The van der Waals surface area contributed by atoms with Gasteiger partial charge in [0, 0.05) is 25.5 Å². The topological polar surface area (TPSA) is 50.2 Å². The highest BCUT2D eigenvalue weighted by molar-refractivity contribution is 6.33. The Labute approximate surface area is 122 Å². The number of likely N-dealkylation sites (tertiary alicyclic amines) is 1. The normalized spacial score (nSPS) is 14.6. The van der Waals surface area contributed by atoms with Crippen LogP contribution in [0.5, 0.6) is 0 Å². The van der Waals surface area contributed by atoms with Gasteiger partial charge in [0.05, 0.1) is 10.7 Å². The van der Waals surface area contributed by atoms with E-state index in [-0.39, 0.29) is 6.03 Å². The average molecular weight is 291 g/mol. The fourth-order valence-electron chi connectivity index (χ4n) is 2.36. The highest BCUT2D eigenvalue weighted by atomic mass is 35.5. The molecule has 1 saturated heterocycles. The molecule has 0 spiro atoms. The molecular weight excluding hydrogens is 276 g/mol. The van der Waals surface area contributed by atoms with E-state index in [0.29, 0.717) is 16.4 Å². The van der Waals surface area contributed by atoms with Gasteiger partial charge in [0.25, 0.3) is 0 Å². The van der Waals surface area contributed by atoms with Gasteiger partial charge in [0.1, 0.15) is 5.69 Å². The Morgan fingerprint density at radius 1 is 1.25 bits per heavy atom. The second-order valence-corrected chi connectivity index (χ2v) is 5.12. The van der Waals surface area contributed by atoms with Gasteiger partial charge in [0.2, 0.25) is 0 Å². The van der Waals surface area contributed by atoms with E-state index < -0.39 is 0 Å². The molecule has 1 N–H and O–H groups in total. The molecule has 2 amide bonds. The summed E-state index contributed by atoms with van der Waals surface area (Å²) in [7, 11) is 0. The van der Waals surface area contributed by atoms with Gasteiger partial charge in [-0.2, -0.15) is 5.10 Å². The van der Waals surface area contributed by atoms with Crippen molar-refractivity contribution >= 4 is 23.3 Å². The van der Waals surface area contributed by atoms with Crippen LogP contribution in [0.4, 0.5) is 10.5 Å². The summed E-state index contributed by atoms with van der Waals surface area (Å²) < 4.78 is 1.65. The molecule has 0 radical (unpaired) electrons. The van der Waals surface area contributed by atoms with Gasteiger partial charge in [0.15, 0.2) is 0 Å². The van der Waals surface area contributed by atoms with Gasteiger partial charge in [-0.1, -0.05) is 17.7 Å². The zero-order chi connectivity index (χ0) is 13.9. The third-order valence-electron chi connectivity index (χ3n) is 3.36. The van der Waals surface area contributed by atoms with E-state index in [1.54, 1.807) is 23.1 Å². The molecule has 2 heterocycles. The molecule has 2 aromatic rings. The number of amides is 2. The Bertz CT molecular complexity index is 606. The minimum Gasteiger partial charge on any atom is -0.325 e. The molecule has 1 aromatic carbocycles. The van der Waals surface area contributed by atoms with Crippen molar-refractivity contribution in [2.24, 2.45) is 0 Å². The van der Waals surface area contributed by atoms with Crippen molar-refractivity contribution in [2.75, 3.05) is 18.4 Å². The van der Waals surface area contributed by atoms with E-state index in [2.05, 4.69) is 10.4 Å². The standard InChI is InChI=1S/C14H15ClN4O/c15-11-5-3-6-12(13(11)19-10-4-7-16-19)17-14(20)18-8-1-2-9-18/h3-7,10H,1-2,8-9H2,(H,17,20). The summed E-state index contributed by atoms with van der Waals surface area (Å²) in [6, 6.07) is 7.16. The molecule has 0 bridgehead atoms. The molecule has 0 saturated carbocycles. The van der Waals surface area contributed by atoms with Crippen molar-refractivity contribution in [1.29, 1.82) is 0 Å². The number of benzene rings is 1. The molecule has 1 aromatic heterocycles. The number of halogens is 1. The van der Waals surface area contributed by atoms with Crippen molar-refractivity contribution < 1.29 is 4.79 Å². The SMILES string of the molecule is O=C(Nc1cccc(Cl)c1-n1cccn1)N1CCCC1. The molecule has 104 valence electrons. The van der Waals surface area contributed by atoms with Gasteiger partial charge in [-0.15, -0.1) is 0 Å². The minimum atomic E-state index is -0.0850. The van der Waals surface area contributed by atoms with E-state index in [4.69, 9.17) is 11.6 Å². The first-order valence-electron chi connectivity index (χ1n) is 6.60. The van der Waals surface area contributed by atoms with E-state index in [0.717, 1.165) is 25.9 Å². The van der Waals surface area contributed by atoms with Crippen LogP contribution in [0, 0.1) is 0 Å². The number of nitrogens with one attached hydrogen (secondary N) is 1. The van der Waals surface area contributed by atoms with Gasteiger partial charge < -0.3 is 10.2 Å². The van der Waals surface area contributed by atoms with Crippen LogP contribution in [0.2, 0.25) is 5.02 Å². The number of carbonyl (C=O) groups is 1. The van der Waals surface area contributed by atoms with Crippen LogP contribution in [0.25, 0.3) is 5.69 Å². The zero-order valence-corrected chi connectivity index (χ0v) is 11.7. The smallest absolute Gasteiger partial charge is 0.321 e. The lowest BCUT2D eigenvalue weighted by molar-refractivity contribution is 0.222. The summed E-state index contributed by atoms with van der Waals surface area (Å²) in [6.45, 7) is 1.62. The number of carbonyl (C=O) groups excluding carboxylic acids is 1. The monoisotopic (exact) mass is 290 g/mol. The Morgan fingerprint density at radius 3 is 2.75 bits per heavy atom. The fraction of sp³-hybridized carbons (Fsp3) is 0.286. The van der Waals surface area contributed by atoms with Crippen molar-refractivity contribution in [1.82, 2.24) is 14.7 Å². The fourth-order valence-corrected chi connectivity index (χ4v) is 2.63. The summed E-state index contributed by atoms with van der Waals surface area (Å²) in [5.41, 5.74) is 1.35. The summed E-state index contributed by atoms with van der Waals surface area (Å²) in [4.78, 5) is 14.0. The Kier molecular flexibility index (Phi) is 3.60. The summed E-state index contributed by atoms with van der Waals surface area (Å²) in [6.07, 6.45) is 5.60. The Hall–Kier alpha value is -2.01. The van der Waals surface area contributed by atoms with Crippen LogP contribution in [0.1, 0.15) is 12.8 Å². The molecule has 5 nitrogen and oxygen atoms in total. The first-order chi connectivity index (χ1) is 9.75. The lowest BCUT2D eigenvalue weighted by Crippen LogP contribution is -2.32. The summed E-state index contributed by atoms with van der Waals surface area (Å²) in [5.74, 6) is 0. The number of anilines is 1. The van der Waals surface area contributed by atoms with E-state index in [1.165, 1.54) is 0 Å². The highest BCUT2D eigenvalue weighted by Gasteiger charge is 2.19. The number of rotatable bonds is 2. The second-order valence-electron chi connectivity index (χ2n) is 4.71. The number of aromatic nitrogens is 2. The number of urea groups is 1. The lowest BCUT2D eigenvalue weighted by Gasteiger charge is -2.18. The minimum absolute atomic E-state index is 0.0850. The third kappa shape index (κ3) is 2.49. The summed E-state index contributed by atoms with van der Waals surface area (Å²) in [5, 5.41) is 7.65. The quantitative estimate of drug-likeness (QED) is 0.923. The second kappa shape index (κ2) is 5.54. The van der Waals surface area contributed by atoms with Crippen LogP contribution in [-0.2, 0) is 0 Å². The van der Waals surface area contributed by atoms with Crippen LogP contribution in [-0.4, -0.2) is 33.8 Å². The molecule has 20 heavy (non-hydrogen) atoms. The Morgan fingerprint density at radius 2 is 2.05 bits per heavy atom. The molecule has 0 unspecified atom stereocenters. The molecule has 1 fully saturated rings. The molecule has 0 aliphatic carbocycles. The lowest BCUT2D eigenvalue weighted by atomic mass is 10.2. The number of nitrogens with zero attached hydrogens (tertiary/aromatic N) is 3. The number of hydrogen-bond donors (Lipinski definition) is 1. The molecule has 0 atom stereocenters. The molecule has 1 aliphatic heterocycles. The third-order valence-corrected chi connectivity index (χ3v) is 3.66. The van der Waals surface area contributed by atoms with Gasteiger partial charge in [-0.05, 0) is 31.0 Å². The molecule has 1 aliphatic rings. The predicted octanol–water partition coefficient (Wildman–Crippen LogP) is 3.15. The van der Waals surface area contributed by atoms with Crippen molar-refractivity contribution in [3.63, 3.8) is 0 Å². The van der Waals surface area contributed by atoms with Crippen LogP contribution in [0.3, 0.4) is 0 Å². The van der Waals surface area contributed by atoms with Crippen LogP contribution < -0.4 is 5.32 Å². The van der Waals surface area contributed by atoms with Crippen LogP contribution in [0.15, 0.2) is 36.7 Å². The van der Waals surface area contributed by atoms with Crippen LogP contribution >= 0.6 is 11.6 Å². The molecule has 6 heteroatoms. The van der Waals surface area contributed by atoms with Gasteiger partial charge in [-0.25, -0.2) is 9.48 Å². The summed E-state index contributed by atoms with van der Waals surface area (Å²) >= 11 is 6.24. The Balaban J connectivity index is 1.89. The van der Waals surface area contributed by atoms with Crippen molar-refractivity contribution in [3.05, 3.63) is 41.7 Å². The molecule has 3 rings (SSSR count). The van der Waals surface area contributed by atoms with E-state index >= 15 is 0 Å². The predicted molar refractivity (Wildman–Crippen MR) is 78.4 cm³/mol. The van der Waals surface area contributed by atoms with Gasteiger partial charge >= 0.3 is 6.03 Å². The first kappa shape index (κ1) is 13.0. The maximum absolute atomic E-state index is 12.2. The van der Waals surface area contributed by atoms with Gasteiger partial charge in [-0.3, -0.25) is 0 Å². The largest absolute Gasteiger partial charge is 0.325 e. The maximum atomic E-state index is 12.2. The first-order valence-corrected chi connectivity index (χ1v) is 6.98.